The summed E-state index contributed by atoms with van der Waals surface area (Å²) in [7, 11) is 3.84. The van der Waals surface area contributed by atoms with Crippen LogP contribution in [0.25, 0.3) is 0 Å². The molecular formula is C19H22ClN3O2S. The zero-order valence-corrected chi connectivity index (χ0v) is 16.4. The first kappa shape index (κ1) is 18.7. The normalized spacial score (nSPS) is 17.0. The van der Waals surface area contributed by atoms with Gasteiger partial charge in [-0.2, -0.15) is 0 Å². The van der Waals surface area contributed by atoms with Gasteiger partial charge in [0, 0.05) is 32.2 Å². The summed E-state index contributed by atoms with van der Waals surface area (Å²) < 4.78 is 0. The molecule has 1 fully saturated rings. The lowest BCUT2D eigenvalue weighted by atomic mass is 9.96. The summed E-state index contributed by atoms with van der Waals surface area (Å²) in [6.45, 7) is 1.14. The van der Waals surface area contributed by atoms with Gasteiger partial charge < -0.3 is 15.1 Å². The third kappa shape index (κ3) is 4.19. The molecule has 0 radical (unpaired) electrons. The Kier molecular flexibility index (Phi) is 5.84. The second-order valence-corrected chi connectivity index (χ2v) is 8.00. The molecule has 1 aliphatic heterocycles. The number of carbonyl (C=O) groups is 2. The van der Waals surface area contributed by atoms with Crippen LogP contribution in [0.1, 0.15) is 22.5 Å². The fourth-order valence-corrected chi connectivity index (χ4v) is 4.03. The molecule has 2 aromatic rings. The lowest BCUT2D eigenvalue weighted by molar-refractivity contribution is -0.121. The second kappa shape index (κ2) is 8.10. The number of nitrogens with zero attached hydrogens (tertiary/aromatic N) is 2. The number of thiophene rings is 1. The molecule has 0 saturated carbocycles. The standard InChI is InChI=1S/C19H22ClN3O2S/c1-22(2)16-8-7-14(20)11-15(16)21-18(24)13-5-3-9-23(12-13)19(25)17-6-4-10-26-17/h4,6-8,10-11,13H,3,5,9,12H2,1-2H3,(H,21,24)/t13-/m0/s1. The molecule has 0 unspecified atom stereocenters. The van der Waals surface area contributed by atoms with Gasteiger partial charge in [0.25, 0.3) is 5.91 Å². The van der Waals surface area contributed by atoms with Crippen molar-refractivity contribution in [3.63, 3.8) is 0 Å². The molecule has 1 aliphatic rings. The molecule has 2 amide bonds. The van der Waals surface area contributed by atoms with Crippen LogP contribution in [0.2, 0.25) is 5.02 Å². The Labute approximate surface area is 162 Å². The van der Waals surface area contributed by atoms with Crippen LogP contribution in [0.15, 0.2) is 35.7 Å². The van der Waals surface area contributed by atoms with E-state index < -0.39 is 0 Å². The number of nitrogens with one attached hydrogen (secondary N) is 1. The maximum absolute atomic E-state index is 12.8. The van der Waals surface area contributed by atoms with Gasteiger partial charge in [0.05, 0.1) is 22.2 Å². The first-order valence-corrected chi connectivity index (χ1v) is 9.82. The molecule has 138 valence electrons. The fraction of sp³-hybridized carbons (Fsp3) is 0.368. The fourth-order valence-electron chi connectivity index (χ4n) is 3.16. The van der Waals surface area contributed by atoms with Crippen molar-refractivity contribution in [3.05, 3.63) is 45.6 Å². The molecule has 5 nitrogen and oxygen atoms in total. The number of hydrogen-bond acceptors (Lipinski definition) is 4. The van der Waals surface area contributed by atoms with E-state index in [1.807, 2.05) is 42.6 Å². The average molecular weight is 392 g/mol. The van der Waals surface area contributed by atoms with Crippen molar-refractivity contribution >= 4 is 46.1 Å². The van der Waals surface area contributed by atoms with Gasteiger partial charge in [-0.15, -0.1) is 11.3 Å². The van der Waals surface area contributed by atoms with Crippen molar-refractivity contribution < 1.29 is 9.59 Å². The Morgan fingerprint density at radius 2 is 2.12 bits per heavy atom. The van der Waals surface area contributed by atoms with Gasteiger partial charge in [-0.25, -0.2) is 0 Å². The van der Waals surface area contributed by atoms with Crippen LogP contribution < -0.4 is 10.2 Å². The number of hydrogen-bond donors (Lipinski definition) is 1. The number of carbonyl (C=O) groups excluding carboxylic acids is 2. The zero-order chi connectivity index (χ0) is 18.7. The summed E-state index contributed by atoms with van der Waals surface area (Å²) >= 11 is 7.52. The van der Waals surface area contributed by atoms with E-state index in [1.165, 1.54) is 11.3 Å². The SMILES string of the molecule is CN(C)c1ccc(Cl)cc1NC(=O)[C@H]1CCCN(C(=O)c2cccs2)C1. The number of amides is 2. The largest absolute Gasteiger partial charge is 0.376 e. The maximum atomic E-state index is 12.8. The van der Waals surface area contributed by atoms with Crippen LogP contribution in [-0.2, 0) is 4.79 Å². The highest BCUT2D eigenvalue weighted by molar-refractivity contribution is 7.12. The van der Waals surface area contributed by atoms with Gasteiger partial charge in [0.1, 0.15) is 0 Å². The van der Waals surface area contributed by atoms with Gasteiger partial charge in [0.15, 0.2) is 0 Å². The van der Waals surface area contributed by atoms with E-state index in [4.69, 9.17) is 11.6 Å². The lowest BCUT2D eigenvalue weighted by Gasteiger charge is -2.32. The van der Waals surface area contributed by atoms with E-state index in [-0.39, 0.29) is 17.7 Å². The Hall–Kier alpha value is -2.05. The highest BCUT2D eigenvalue weighted by Gasteiger charge is 2.29. The van der Waals surface area contributed by atoms with Gasteiger partial charge in [-0.1, -0.05) is 17.7 Å². The number of rotatable bonds is 4. The number of likely N-dealkylation sites (tertiary alicyclic amines) is 1. The van der Waals surface area contributed by atoms with Crippen LogP contribution in [0.4, 0.5) is 11.4 Å². The van der Waals surface area contributed by atoms with Crippen LogP contribution in [0.3, 0.4) is 0 Å². The van der Waals surface area contributed by atoms with Gasteiger partial charge >= 0.3 is 0 Å². The molecule has 1 atom stereocenters. The predicted molar refractivity (Wildman–Crippen MR) is 107 cm³/mol. The average Bonchev–Trinajstić information content (AvgIpc) is 3.15. The molecule has 3 rings (SSSR count). The summed E-state index contributed by atoms with van der Waals surface area (Å²) in [5, 5.41) is 5.46. The van der Waals surface area contributed by atoms with Crippen molar-refractivity contribution in [1.29, 1.82) is 0 Å². The van der Waals surface area contributed by atoms with Crippen molar-refractivity contribution in [2.45, 2.75) is 12.8 Å². The van der Waals surface area contributed by atoms with E-state index in [1.54, 1.807) is 17.0 Å². The molecule has 0 spiro atoms. The molecule has 7 heteroatoms. The minimum Gasteiger partial charge on any atom is -0.376 e. The number of piperidine rings is 1. The highest BCUT2D eigenvalue weighted by atomic mass is 35.5. The molecule has 0 bridgehead atoms. The third-order valence-corrected chi connectivity index (χ3v) is 5.60. The van der Waals surface area contributed by atoms with Crippen molar-refractivity contribution in [3.8, 4) is 0 Å². The molecule has 2 heterocycles. The van der Waals surface area contributed by atoms with Gasteiger partial charge in [-0.05, 0) is 42.5 Å². The summed E-state index contributed by atoms with van der Waals surface area (Å²) in [5.41, 5.74) is 1.58. The van der Waals surface area contributed by atoms with Crippen molar-refractivity contribution in [2.24, 2.45) is 5.92 Å². The van der Waals surface area contributed by atoms with Crippen molar-refractivity contribution in [1.82, 2.24) is 4.90 Å². The molecular weight excluding hydrogens is 370 g/mol. The highest BCUT2D eigenvalue weighted by Crippen LogP contribution is 2.29. The molecule has 0 aliphatic carbocycles. The van der Waals surface area contributed by atoms with Gasteiger partial charge in [0.2, 0.25) is 5.91 Å². The van der Waals surface area contributed by atoms with E-state index in [0.717, 1.165) is 23.4 Å². The minimum atomic E-state index is -0.221. The lowest BCUT2D eigenvalue weighted by Crippen LogP contribution is -2.43. The number of benzene rings is 1. The molecule has 1 saturated heterocycles. The summed E-state index contributed by atoms with van der Waals surface area (Å²) in [5.74, 6) is -0.282. The molecule has 1 aromatic carbocycles. The predicted octanol–water partition coefficient (Wildman–Crippen LogP) is 3.96. The Morgan fingerprint density at radius 3 is 2.81 bits per heavy atom. The van der Waals surface area contributed by atoms with Crippen LogP contribution >= 0.6 is 22.9 Å². The maximum Gasteiger partial charge on any atom is 0.263 e. The van der Waals surface area contributed by atoms with Crippen molar-refractivity contribution in [2.75, 3.05) is 37.4 Å². The molecule has 26 heavy (non-hydrogen) atoms. The van der Waals surface area contributed by atoms with E-state index >= 15 is 0 Å². The summed E-state index contributed by atoms with van der Waals surface area (Å²) in [4.78, 5) is 29.8. The first-order chi connectivity index (χ1) is 12.5. The Bertz CT molecular complexity index is 792. The monoisotopic (exact) mass is 391 g/mol. The van der Waals surface area contributed by atoms with Crippen LogP contribution in [0.5, 0.6) is 0 Å². The first-order valence-electron chi connectivity index (χ1n) is 8.56. The van der Waals surface area contributed by atoms with Crippen LogP contribution in [-0.4, -0.2) is 43.9 Å². The smallest absolute Gasteiger partial charge is 0.263 e. The topological polar surface area (TPSA) is 52.7 Å². The molecule has 1 aromatic heterocycles. The Balaban J connectivity index is 1.70. The second-order valence-electron chi connectivity index (χ2n) is 6.61. The third-order valence-electron chi connectivity index (χ3n) is 4.51. The molecule has 1 N–H and O–H groups in total. The zero-order valence-electron chi connectivity index (χ0n) is 14.9. The summed E-state index contributed by atoms with van der Waals surface area (Å²) in [6, 6.07) is 9.13. The minimum absolute atomic E-state index is 0.00855. The Morgan fingerprint density at radius 1 is 1.31 bits per heavy atom. The number of halogens is 1. The number of anilines is 2. The quantitative estimate of drug-likeness (QED) is 0.858. The van der Waals surface area contributed by atoms with E-state index in [0.29, 0.717) is 23.8 Å². The van der Waals surface area contributed by atoms with E-state index in [2.05, 4.69) is 5.32 Å². The van der Waals surface area contributed by atoms with Gasteiger partial charge in [-0.3, -0.25) is 9.59 Å². The van der Waals surface area contributed by atoms with Crippen LogP contribution in [0, 0.1) is 5.92 Å². The van der Waals surface area contributed by atoms with E-state index in [9.17, 15) is 9.59 Å². The summed E-state index contributed by atoms with van der Waals surface area (Å²) in [6.07, 6.45) is 1.60.